The van der Waals surface area contributed by atoms with Gasteiger partial charge in [-0.25, -0.2) is 10.8 Å². The van der Waals surface area contributed by atoms with Gasteiger partial charge in [0, 0.05) is 18.0 Å². The SMILES string of the molecule is CCOC(C)CNc1nc(NN)nc2sc(CC)cc12. The molecule has 20 heavy (non-hydrogen) atoms. The third-order valence-corrected chi connectivity index (χ3v) is 4.10. The topological polar surface area (TPSA) is 85.1 Å². The quantitative estimate of drug-likeness (QED) is 0.537. The van der Waals surface area contributed by atoms with Crippen LogP contribution in [-0.4, -0.2) is 29.2 Å². The third-order valence-electron chi connectivity index (χ3n) is 2.93. The van der Waals surface area contributed by atoms with Gasteiger partial charge in [0.05, 0.1) is 11.5 Å². The Morgan fingerprint density at radius 2 is 2.20 bits per heavy atom. The molecule has 0 saturated carbocycles. The highest BCUT2D eigenvalue weighted by molar-refractivity contribution is 7.18. The van der Waals surface area contributed by atoms with Gasteiger partial charge in [0.15, 0.2) is 0 Å². The summed E-state index contributed by atoms with van der Waals surface area (Å²) in [6.07, 6.45) is 1.12. The van der Waals surface area contributed by atoms with Gasteiger partial charge >= 0.3 is 0 Å². The third kappa shape index (κ3) is 3.36. The largest absolute Gasteiger partial charge is 0.377 e. The molecule has 2 aromatic rings. The smallest absolute Gasteiger partial charge is 0.240 e. The minimum atomic E-state index is 0.128. The molecular formula is C13H21N5OS. The lowest BCUT2D eigenvalue weighted by Crippen LogP contribution is -2.21. The average Bonchev–Trinajstić information content (AvgIpc) is 2.87. The van der Waals surface area contributed by atoms with E-state index in [1.54, 1.807) is 11.3 Å². The summed E-state index contributed by atoms with van der Waals surface area (Å²) >= 11 is 1.67. The summed E-state index contributed by atoms with van der Waals surface area (Å²) in [4.78, 5) is 11.0. The van der Waals surface area contributed by atoms with E-state index in [9.17, 15) is 0 Å². The molecule has 0 aliphatic carbocycles. The molecule has 2 heterocycles. The fourth-order valence-electron chi connectivity index (χ4n) is 1.93. The number of nitrogens with zero attached hydrogens (tertiary/aromatic N) is 2. The predicted octanol–water partition coefficient (Wildman–Crippen LogP) is 2.38. The highest BCUT2D eigenvalue weighted by atomic mass is 32.1. The molecule has 0 spiro atoms. The maximum atomic E-state index is 5.51. The van der Waals surface area contributed by atoms with E-state index >= 15 is 0 Å². The van der Waals surface area contributed by atoms with Crippen molar-refractivity contribution in [1.29, 1.82) is 0 Å². The lowest BCUT2D eigenvalue weighted by atomic mass is 10.3. The molecule has 0 amide bonds. The van der Waals surface area contributed by atoms with Crippen LogP contribution >= 0.6 is 11.3 Å². The van der Waals surface area contributed by atoms with Crippen LogP contribution in [0.3, 0.4) is 0 Å². The molecule has 6 nitrogen and oxygen atoms in total. The molecule has 0 aliphatic rings. The number of nitrogens with one attached hydrogen (secondary N) is 2. The van der Waals surface area contributed by atoms with Gasteiger partial charge in [-0.2, -0.15) is 4.98 Å². The van der Waals surface area contributed by atoms with E-state index in [0.717, 1.165) is 22.5 Å². The first kappa shape index (κ1) is 15.0. The Balaban J connectivity index is 2.27. The fourth-order valence-corrected chi connectivity index (χ4v) is 2.90. The second-order valence-electron chi connectivity index (χ2n) is 4.47. The van der Waals surface area contributed by atoms with Crippen molar-refractivity contribution in [3.63, 3.8) is 0 Å². The van der Waals surface area contributed by atoms with E-state index in [1.807, 2.05) is 13.8 Å². The lowest BCUT2D eigenvalue weighted by Gasteiger charge is -2.14. The molecule has 0 aromatic carbocycles. The minimum Gasteiger partial charge on any atom is -0.377 e. The van der Waals surface area contributed by atoms with Gasteiger partial charge in [0.1, 0.15) is 10.6 Å². The highest BCUT2D eigenvalue weighted by Gasteiger charge is 2.11. The van der Waals surface area contributed by atoms with Crippen LogP contribution in [0.25, 0.3) is 10.2 Å². The van der Waals surface area contributed by atoms with Crippen molar-refractivity contribution in [2.24, 2.45) is 5.84 Å². The van der Waals surface area contributed by atoms with Gasteiger partial charge in [-0.3, -0.25) is 5.43 Å². The van der Waals surface area contributed by atoms with Crippen LogP contribution in [0.4, 0.5) is 11.8 Å². The van der Waals surface area contributed by atoms with Crippen molar-refractivity contribution in [2.45, 2.75) is 33.3 Å². The van der Waals surface area contributed by atoms with Crippen molar-refractivity contribution in [3.05, 3.63) is 10.9 Å². The molecule has 1 atom stereocenters. The summed E-state index contributed by atoms with van der Waals surface area (Å²) in [7, 11) is 0. The maximum Gasteiger partial charge on any atom is 0.240 e. The molecule has 0 saturated heterocycles. The Morgan fingerprint density at radius 3 is 2.85 bits per heavy atom. The number of anilines is 2. The van der Waals surface area contributed by atoms with E-state index in [4.69, 9.17) is 10.6 Å². The van der Waals surface area contributed by atoms with Crippen molar-refractivity contribution in [1.82, 2.24) is 9.97 Å². The highest BCUT2D eigenvalue weighted by Crippen LogP contribution is 2.30. The zero-order valence-corrected chi connectivity index (χ0v) is 12.9. The Labute approximate surface area is 122 Å². The van der Waals surface area contributed by atoms with Crippen LogP contribution in [-0.2, 0) is 11.2 Å². The number of nitrogens with two attached hydrogens (primary N) is 1. The van der Waals surface area contributed by atoms with Crippen molar-refractivity contribution >= 4 is 33.3 Å². The van der Waals surface area contributed by atoms with Gasteiger partial charge in [0.2, 0.25) is 5.95 Å². The Bertz CT molecular complexity index is 571. The number of hydrogen-bond donors (Lipinski definition) is 3. The maximum absolute atomic E-state index is 5.51. The molecule has 0 aliphatic heterocycles. The molecule has 2 aromatic heterocycles. The first-order valence-corrected chi connectivity index (χ1v) is 7.62. The average molecular weight is 295 g/mol. The second-order valence-corrected chi connectivity index (χ2v) is 5.59. The van der Waals surface area contributed by atoms with Crippen LogP contribution in [0, 0.1) is 0 Å². The monoisotopic (exact) mass is 295 g/mol. The number of hydrazine groups is 1. The Morgan fingerprint density at radius 1 is 1.40 bits per heavy atom. The molecule has 4 N–H and O–H groups in total. The zero-order chi connectivity index (χ0) is 14.5. The number of aryl methyl sites for hydroxylation is 1. The van der Waals surface area contributed by atoms with E-state index < -0.39 is 0 Å². The molecule has 0 bridgehead atoms. The van der Waals surface area contributed by atoms with Crippen LogP contribution in [0.15, 0.2) is 6.07 Å². The number of rotatable bonds is 7. The van der Waals surface area contributed by atoms with Gasteiger partial charge in [-0.1, -0.05) is 6.92 Å². The fraction of sp³-hybridized carbons (Fsp3) is 0.538. The molecule has 110 valence electrons. The zero-order valence-electron chi connectivity index (χ0n) is 12.1. The molecular weight excluding hydrogens is 274 g/mol. The number of aromatic nitrogens is 2. The van der Waals surface area contributed by atoms with Crippen LogP contribution in [0.1, 0.15) is 25.6 Å². The Kier molecular flexibility index (Phi) is 5.11. The van der Waals surface area contributed by atoms with E-state index in [-0.39, 0.29) is 6.10 Å². The predicted molar refractivity (Wildman–Crippen MR) is 84.2 cm³/mol. The summed E-state index contributed by atoms with van der Waals surface area (Å²) < 4.78 is 5.51. The minimum absolute atomic E-state index is 0.128. The van der Waals surface area contributed by atoms with Gasteiger partial charge in [-0.15, -0.1) is 11.3 Å². The van der Waals surface area contributed by atoms with Crippen molar-refractivity contribution in [2.75, 3.05) is 23.9 Å². The van der Waals surface area contributed by atoms with Crippen molar-refractivity contribution in [3.8, 4) is 0 Å². The number of hydrogen-bond acceptors (Lipinski definition) is 7. The van der Waals surface area contributed by atoms with Crippen LogP contribution < -0.4 is 16.6 Å². The number of thiophene rings is 1. The molecule has 7 heteroatoms. The molecule has 1 unspecified atom stereocenters. The molecule has 0 radical (unpaired) electrons. The van der Waals surface area contributed by atoms with Gasteiger partial charge in [0.25, 0.3) is 0 Å². The lowest BCUT2D eigenvalue weighted by molar-refractivity contribution is 0.0855. The Hall–Kier alpha value is -1.44. The van der Waals surface area contributed by atoms with Gasteiger partial charge < -0.3 is 10.1 Å². The second kappa shape index (κ2) is 6.83. The molecule has 0 fully saturated rings. The van der Waals surface area contributed by atoms with E-state index in [2.05, 4.69) is 33.7 Å². The summed E-state index contributed by atoms with van der Waals surface area (Å²) in [5.41, 5.74) is 2.51. The summed E-state index contributed by atoms with van der Waals surface area (Å²) in [6, 6.07) is 2.13. The molecule has 2 rings (SSSR count). The van der Waals surface area contributed by atoms with Gasteiger partial charge in [-0.05, 0) is 26.3 Å². The number of ether oxygens (including phenoxy) is 1. The van der Waals surface area contributed by atoms with Crippen LogP contribution in [0.2, 0.25) is 0 Å². The summed E-state index contributed by atoms with van der Waals surface area (Å²) in [6.45, 7) is 7.55. The first-order chi connectivity index (χ1) is 9.67. The summed E-state index contributed by atoms with van der Waals surface area (Å²) in [5, 5.41) is 4.36. The van der Waals surface area contributed by atoms with Crippen LogP contribution in [0.5, 0.6) is 0 Å². The van der Waals surface area contributed by atoms with E-state index in [1.165, 1.54) is 4.88 Å². The van der Waals surface area contributed by atoms with E-state index in [0.29, 0.717) is 19.1 Å². The number of fused-ring (bicyclic) bond motifs is 1. The van der Waals surface area contributed by atoms with Crippen molar-refractivity contribution < 1.29 is 4.74 Å². The summed E-state index contributed by atoms with van der Waals surface area (Å²) in [5.74, 6) is 6.65. The standard InChI is InChI=1S/C13H21N5OS/c1-4-9-6-10-11(15-7-8(3)19-5-2)16-13(18-14)17-12(10)20-9/h6,8H,4-5,7,14H2,1-3H3,(H2,15,16,17,18). The normalized spacial score (nSPS) is 12.6. The number of nitrogen functional groups attached to an aromatic ring is 1. The first-order valence-electron chi connectivity index (χ1n) is 6.80.